The van der Waals surface area contributed by atoms with Crippen LogP contribution in [-0.2, 0) is 19.6 Å². The molecule has 0 unspecified atom stereocenters. The molecule has 26 heavy (non-hydrogen) atoms. The Kier molecular flexibility index (Phi) is 5.91. The van der Waals surface area contributed by atoms with E-state index in [2.05, 4.69) is 4.74 Å². The highest BCUT2D eigenvalue weighted by molar-refractivity contribution is 7.89. The number of nitrogens with zero attached hydrogens (tertiary/aromatic N) is 1. The summed E-state index contributed by atoms with van der Waals surface area (Å²) in [4.78, 5) is 22.1. The van der Waals surface area contributed by atoms with Crippen molar-refractivity contribution < 1.29 is 41.0 Å². The third kappa shape index (κ3) is 5.18. The molecule has 0 spiro atoms. The maximum atomic E-state index is 12.5. The molecule has 1 saturated heterocycles. The number of carboxylic acids is 1. The van der Waals surface area contributed by atoms with Crippen LogP contribution in [0.25, 0.3) is 0 Å². The molecule has 0 saturated carbocycles. The molecule has 1 N–H and O–H groups in total. The van der Waals surface area contributed by atoms with Crippen LogP contribution in [0.2, 0.25) is 0 Å². The fraction of sp³-hybridized carbons (Fsp3) is 0.467. The van der Waals surface area contributed by atoms with Crippen LogP contribution in [0.4, 0.5) is 13.2 Å². The van der Waals surface area contributed by atoms with Crippen molar-refractivity contribution in [3.8, 4) is 5.75 Å². The minimum atomic E-state index is -4.87. The van der Waals surface area contributed by atoms with Crippen molar-refractivity contribution in [2.24, 2.45) is 5.92 Å². The molecular formula is C15H16F3NO6S. The number of piperidine rings is 1. The van der Waals surface area contributed by atoms with Crippen molar-refractivity contribution in [1.29, 1.82) is 0 Å². The summed E-state index contributed by atoms with van der Waals surface area (Å²) in [5.74, 6) is -2.72. The molecule has 0 aliphatic carbocycles. The summed E-state index contributed by atoms with van der Waals surface area (Å²) >= 11 is 0. The largest absolute Gasteiger partial charge is 0.573 e. The van der Waals surface area contributed by atoms with E-state index in [4.69, 9.17) is 5.11 Å². The first-order chi connectivity index (χ1) is 12.0. The van der Waals surface area contributed by atoms with E-state index in [0.29, 0.717) is 0 Å². The van der Waals surface area contributed by atoms with Crippen molar-refractivity contribution in [3.63, 3.8) is 0 Å². The average molecular weight is 395 g/mol. The van der Waals surface area contributed by atoms with E-state index in [1.807, 2.05) is 0 Å². The van der Waals surface area contributed by atoms with Crippen molar-refractivity contribution in [1.82, 2.24) is 4.31 Å². The lowest BCUT2D eigenvalue weighted by Gasteiger charge is -2.30. The maximum Gasteiger partial charge on any atom is 0.573 e. The quantitative estimate of drug-likeness (QED) is 0.740. The Morgan fingerprint density at radius 3 is 2.15 bits per heavy atom. The molecule has 1 aliphatic rings. The van der Waals surface area contributed by atoms with Gasteiger partial charge in [0.1, 0.15) is 18.0 Å². The molecule has 1 heterocycles. The van der Waals surface area contributed by atoms with Crippen molar-refractivity contribution >= 4 is 21.8 Å². The lowest BCUT2D eigenvalue weighted by molar-refractivity contribution is -0.274. The van der Waals surface area contributed by atoms with E-state index >= 15 is 0 Å². The number of halogens is 3. The molecule has 0 amide bonds. The normalized spacial score (nSPS) is 17.0. The first-order valence-electron chi connectivity index (χ1n) is 7.59. The highest BCUT2D eigenvalue weighted by Gasteiger charge is 2.33. The van der Waals surface area contributed by atoms with Crippen LogP contribution < -0.4 is 4.74 Å². The lowest BCUT2D eigenvalue weighted by atomic mass is 9.92. The van der Waals surface area contributed by atoms with Gasteiger partial charge in [-0.2, -0.15) is 4.31 Å². The smallest absolute Gasteiger partial charge is 0.481 e. The Balaban J connectivity index is 2.03. The zero-order chi connectivity index (χ0) is 19.5. The first-order valence-corrected chi connectivity index (χ1v) is 9.03. The number of carbonyl (C=O) groups is 2. The second-order valence-electron chi connectivity index (χ2n) is 5.73. The SMILES string of the molecule is O=C(O)CC(=O)C1CCN(S(=O)(=O)c2ccc(OC(F)(F)F)cc2)CC1. The highest BCUT2D eigenvalue weighted by Crippen LogP contribution is 2.28. The molecule has 0 aromatic heterocycles. The summed E-state index contributed by atoms with van der Waals surface area (Å²) in [7, 11) is -3.93. The molecule has 1 aliphatic heterocycles. The van der Waals surface area contributed by atoms with Crippen LogP contribution in [0.15, 0.2) is 29.2 Å². The number of ether oxygens (including phenoxy) is 1. The minimum Gasteiger partial charge on any atom is -0.481 e. The zero-order valence-corrected chi connectivity index (χ0v) is 14.2. The van der Waals surface area contributed by atoms with Crippen LogP contribution in [-0.4, -0.2) is 49.0 Å². The molecule has 7 nitrogen and oxygen atoms in total. The predicted octanol–water partition coefficient (Wildman–Crippen LogP) is 2.03. The summed E-state index contributed by atoms with van der Waals surface area (Å²) in [5.41, 5.74) is 0. The molecule has 144 valence electrons. The van der Waals surface area contributed by atoms with Gasteiger partial charge >= 0.3 is 12.3 Å². The van der Waals surface area contributed by atoms with Crippen LogP contribution in [0.3, 0.4) is 0 Å². The molecular weight excluding hydrogens is 379 g/mol. The second-order valence-corrected chi connectivity index (χ2v) is 7.67. The fourth-order valence-corrected chi connectivity index (χ4v) is 4.14. The third-order valence-corrected chi connectivity index (χ3v) is 5.84. The van der Waals surface area contributed by atoms with Gasteiger partial charge in [-0.25, -0.2) is 8.42 Å². The van der Waals surface area contributed by atoms with Crippen molar-refractivity contribution in [2.75, 3.05) is 13.1 Å². The van der Waals surface area contributed by atoms with E-state index in [-0.39, 0.29) is 30.8 Å². The number of Topliss-reactive ketones (excluding diaryl/α,β-unsaturated/α-hetero) is 1. The molecule has 2 rings (SSSR count). The van der Waals surface area contributed by atoms with Crippen LogP contribution in [0.1, 0.15) is 19.3 Å². The van der Waals surface area contributed by atoms with Gasteiger partial charge in [0.25, 0.3) is 0 Å². The van der Waals surface area contributed by atoms with E-state index in [0.717, 1.165) is 28.6 Å². The van der Waals surface area contributed by atoms with Gasteiger partial charge in [-0.3, -0.25) is 9.59 Å². The van der Waals surface area contributed by atoms with Gasteiger partial charge in [0.15, 0.2) is 0 Å². The molecule has 0 atom stereocenters. The number of alkyl halides is 3. The Morgan fingerprint density at radius 2 is 1.69 bits per heavy atom. The van der Waals surface area contributed by atoms with Crippen LogP contribution >= 0.6 is 0 Å². The minimum absolute atomic E-state index is 0.0269. The number of benzene rings is 1. The highest BCUT2D eigenvalue weighted by atomic mass is 32.2. The monoisotopic (exact) mass is 395 g/mol. The second kappa shape index (κ2) is 7.62. The number of aliphatic carboxylic acids is 1. The number of carboxylic acid groups (broad SMARTS) is 1. The van der Waals surface area contributed by atoms with Crippen molar-refractivity contribution in [2.45, 2.75) is 30.5 Å². The summed E-state index contributed by atoms with van der Waals surface area (Å²) < 4.78 is 66.3. The van der Waals surface area contributed by atoms with Gasteiger partial charge in [-0.1, -0.05) is 0 Å². The zero-order valence-electron chi connectivity index (χ0n) is 13.4. The topological polar surface area (TPSA) is 101 Å². The number of hydrogen-bond donors (Lipinski definition) is 1. The van der Waals surface area contributed by atoms with E-state index in [9.17, 15) is 31.2 Å². The number of sulfonamides is 1. The van der Waals surface area contributed by atoms with Crippen LogP contribution in [0, 0.1) is 5.92 Å². The Morgan fingerprint density at radius 1 is 1.15 bits per heavy atom. The van der Waals surface area contributed by atoms with Crippen molar-refractivity contribution in [3.05, 3.63) is 24.3 Å². The summed E-state index contributed by atoms with van der Waals surface area (Å²) in [6, 6.07) is 3.84. The standard InChI is InChI=1S/C15H16F3NO6S/c16-15(17,18)25-11-1-3-12(4-2-11)26(23,24)19-7-5-10(6-8-19)13(20)9-14(21)22/h1-4,10H,5-9H2,(H,21,22). The number of rotatable bonds is 6. The predicted molar refractivity (Wildman–Crippen MR) is 81.9 cm³/mol. The summed E-state index contributed by atoms with van der Waals surface area (Å²) in [5, 5.41) is 8.63. The molecule has 1 aromatic rings. The lowest BCUT2D eigenvalue weighted by Crippen LogP contribution is -2.40. The molecule has 0 bridgehead atoms. The fourth-order valence-electron chi connectivity index (χ4n) is 2.67. The molecule has 0 radical (unpaired) electrons. The summed E-state index contributed by atoms with van der Waals surface area (Å²) in [6.07, 6.45) is -5.08. The van der Waals surface area contributed by atoms with Crippen LogP contribution in [0.5, 0.6) is 5.75 Å². The summed E-state index contributed by atoms with van der Waals surface area (Å²) in [6.45, 7) is 0.0539. The van der Waals surface area contributed by atoms with E-state index in [1.165, 1.54) is 0 Å². The number of ketones is 1. The van der Waals surface area contributed by atoms with Gasteiger partial charge in [0.05, 0.1) is 4.90 Å². The number of hydrogen-bond acceptors (Lipinski definition) is 5. The Hall–Kier alpha value is -2.14. The molecule has 1 aromatic carbocycles. The van der Waals surface area contributed by atoms with Gasteiger partial charge in [0.2, 0.25) is 10.0 Å². The van der Waals surface area contributed by atoms with Gasteiger partial charge < -0.3 is 9.84 Å². The molecule has 11 heteroatoms. The maximum absolute atomic E-state index is 12.5. The first kappa shape index (κ1) is 20.2. The number of carbonyl (C=O) groups excluding carboxylic acids is 1. The Labute approximate surface area is 147 Å². The average Bonchev–Trinajstić information content (AvgIpc) is 2.53. The van der Waals surface area contributed by atoms with Gasteiger partial charge in [-0.15, -0.1) is 13.2 Å². The molecule has 1 fully saturated rings. The third-order valence-electron chi connectivity index (χ3n) is 3.93. The van der Waals surface area contributed by atoms with Gasteiger partial charge in [0, 0.05) is 19.0 Å². The van der Waals surface area contributed by atoms with E-state index in [1.54, 1.807) is 0 Å². The van der Waals surface area contributed by atoms with E-state index < -0.39 is 46.2 Å². The van der Waals surface area contributed by atoms with Gasteiger partial charge in [-0.05, 0) is 37.1 Å². The Bertz CT molecular complexity index is 768.